The molecule has 1 aromatic rings. The lowest BCUT2D eigenvalue weighted by molar-refractivity contribution is -0.384. The minimum atomic E-state index is -0.356. The van der Waals surface area contributed by atoms with Gasteiger partial charge in [0.1, 0.15) is 5.69 Å². The molecular weight excluding hydrogens is 218 g/mol. The third-order valence-electron chi connectivity index (χ3n) is 2.82. The molecule has 1 atom stereocenters. The number of rotatable bonds is 5. The molecule has 0 aromatic heterocycles. The molecule has 0 aliphatic carbocycles. The van der Waals surface area contributed by atoms with Crippen LogP contribution >= 0.6 is 0 Å². The maximum Gasteiger partial charge on any atom is 0.295 e. The minimum absolute atomic E-state index is 0.0375. The summed E-state index contributed by atoms with van der Waals surface area (Å²) in [6.07, 6.45) is 0. The molecule has 5 nitrogen and oxygen atoms in total. The molecule has 0 saturated carbocycles. The molecular formula is C12H19N3O2. The highest BCUT2D eigenvalue weighted by molar-refractivity contribution is 5.65. The quantitative estimate of drug-likeness (QED) is 0.608. The molecule has 17 heavy (non-hydrogen) atoms. The Labute approximate surface area is 101 Å². The average Bonchev–Trinajstić information content (AvgIpc) is 2.24. The van der Waals surface area contributed by atoms with E-state index < -0.39 is 0 Å². The normalized spacial score (nSPS) is 12.5. The lowest BCUT2D eigenvalue weighted by Crippen LogP contribution is -2.33. The first-order chi connectivity index (χ1) is 7.97. The number of nitrogens with one attached hydrogen (secondary N) is 1. The lowest BCUT2D eigenvalue weighted by Gasteiger charge is -2.21. The van der Waals surface area contributed by atoms with Gasteiger partial charge in [0, 0.05) is 18.2 Å². The molecule has 1 rings (SSSR count). The number of anilines is 1. The van der Waals surface area contributed by atoms with E-state index in [4.69, 9.17) is 5.73 Å². The van der Waals surface area contributed by atoms with Crippen LogP contribution in [0.2, 0.25) is 0 Å². The molecule has 5 heteroatoms. The number of hydrogen-bond acceptors (Lipinski definition) is 4. The van der Waals surface area contributed by atoms with Crippen LogP contribution in [0.15, 0.2) is 18.2 Å². The second kappa shape index (κ2) is 5.63. The molecule has 0 aliphatic heterocycles. The molecule has 0 radical (unpaired) electrons. The van der Waals surface area contributed by atoms with E-state index in [0.29, 0.717) is 23.7 Å². The van der Waals surface area contributed by atoms with E-state index in [2.05, 4.69) is 5.32 Å². The smallest absolute Gasteiger partial charge is 0.295 e. The van der Waals surface area contributed by atoms with E-state index in [1.165, 1.54) is 0 Å². The molecule has 0 amide bonds. The van der Waals surface area contributed by atoms with Gasteiger partial charge < -0.3 is 11.1 Å². The van der Waals surface area contributed by atoms with Gasteiger partial charge in [0.15, 0.2) is 0 Å². The van der Waals surface area contributed by atoms with Crippen LogP contribution in [0, 0.1) is 23.0 Å². The van der Waals surface area contributed by atoms with Gasteiger partial charge in [0.05, 0.1) is 4.92 Å². The fourth-order valence-corrected chi connectivity index (χ4v) is 1.72. The van der Waals surface area contributed by atoms with E-state index >= 15 is 0 Å². The largest absolute Gasteiger partial charge is 0.375 e. The monoisotopic (exact) mass is 237 g/mol. The molecule has 0 bridgehead atoms. The summed E-state index contributed by atoms with van der Waals surface area (Å²) in [6.45, 7) is 6.25. The molecule has 0 fully saturated rings. The molecule has 94 valence electrons. The van der Waals surface area contributed by atoms with Crippen LogP contribution in [0.3, 0.4) is 0 Å². The Morgan fingerprint density at radius 1 is 1.47 bits per heavy atom. The maximum atomic E-state index is 11.0. The highest BCUT2D eigenvalue weighted by Crippen LogP contribution is 2.28. The highest BCUT2D eigenvalue weighted by Gasteiger charge is 2.20. The van der Waals surface area contributed by atoms with Gasteiger partial charge in [-0.1, -0.05) is 26.0 Å². The summed E-state index contributed by atoms with van der Waals surface area (Å²) in [4.78, 5) is 10.7. The van der Waals surface area contributed by atoms with Gasteiger partial charge in [-0.25, -0.2) is 0 Å². The van der Waals surface area contributed by atoms with Crippen molar-refractivity contribution in [1.82, 2.24) is 0 Å². The van der Waals surface area contributed by atoms with Crippen LogP contribution in [0.4, 0.5) is 11.4 Å². The Bertz CT molecular complexity index is 405. The van der Waals surface area contributed by atoms with Crippen LogP contribution in [-0.4, -0.2) is 17.5 Å². The van der Waals surface area contributed by atoms with Crippen molar-refractivity contribution in [3.8, 4) is 0 Å². The third-order valence-corrected chi connectivity index (χ3v) is 2.82. The summed E-state index contributed by atoms with van der Waals surface area (Å²) in [5.41, 5.74) is 6.98. The van der Waals surface area contributed by atoms with Crippen molar-refractivity contribution in [3.05, 3.63) is 33.9 Å². The molecule has 3 N–H and O–H groups in total. The predicted molar refractivity (Wildman–Crippen MR) is 69.1 cm³/mol. The topological polar surface area (TPSA) is 81.2 Å². The van der Waals surface area contributed by atoms with Crippen molar-refractivity contribution < 1.29 is 4.92 Å². The summed E-state index contributed by atoms with van der Waals surface area (Å²) in [7, 11) is 0. The van der Waals surface area contributed by atoms with E-state index in [1.54, 1.807) is 25.1 Å². The van der Waals surface area contributed by atoms with Crippen LogP contribution < -0.4 is 11.1 Å². The lowest BCUT2D eigenvalue weighted by atomic mass is 10.0. The first-order valence-corrected chi connectivity index (χ1v) is 5.68. The van der Waals surface area contributed by atoms with Gasteiger partial charge in [-0.2, -0.15) is 0 Å². The number of para-hydroxylation sites is 1. The van der Waals surface area contributed by atoms with E-state index in [0.717, 1.165) is 0 Å². The Morgan fingerprint density at radius 3 is 2.59 bits per heavy atom. The molecule has 0 heterocycles. The van der Waals surface area contributed by atoms with Crippen LogP contribution in [0.1, 0.15) is 19.4 Å². The second-order valence-electron chi connectivity index (χ2n) is 4.46. The van der Waals surface area contributed by atoms with Crippen molar-refractivity contribution in [3.63, 3.8) is 0 Å². The van der Waals surface area contributed by atoms with Gasteiger partial charge in [0.2, 0.25) is 0 Å². The number of hydrogen-bond donors (Lipinski definition) is 2. The van der Waals surface area contributed by atoms with Crippen molar-refractivity contribution in [2.75, 3.05) is 11.9 Å². The molecule has 0 aliphatic rings. The highest BCUT2D eigenvalue weighted by atomic mass is 16.6. The van der Waals surface area contributed by atoms with Crippen molar-refractivity contribution in [2.24, 2.45) is 11.7 Å². The second-order valence-corrected chi connectivity index (χ2v) is 4.46. The zero-order valence-electron chi connectivity index (χ0n) is 10.4. The summed E-state index contributed by atoms with van der Waals surface area (Å²) >= 11 is 0. The maximum absolute atomic E-state index is 11.0. The zero-order valence-corrected chi connectivity index (χ0v) is 10.4. The van der Waals surface area contributed by atoms with Gasteiger partial charge in [-0.15, -0.1) is 0 Å². The summed E-state index contributed by atoms with van der Waals surface area (Å²) in [6, 6.07) is 5.29. The predicted octanol–water partition coefficient (Wildman–Crippen LogP) is 2.30. The zero-order chi connectivity index (χ0) is 13.0. The molecule has 0 saturated heterocycles. The van der Waals surface area contributed by atoms with Gasteiger partial charge in [0.25, 0.3) is 5.69 Å². The number of nitrogens with two attached hydrogens (primary N) is 1. The number of nitrogens with zero attached hydrogens (tertiary/aromatic N) is 1. The standard InChI is InChI=1S/C12H19N3O2/c1-8(2)11(7-13)14-10-6-4-5-9(3)12(10)15(16)17/h4-6,8,11,14H,7,13H2,1-3H3. The fourth-order valence-electron chi connectivity index (χ4n) is 1.72. The Morgan fingerprint density at radius 2 is 2.12 bits per heavy atom. The van der Waals surface area contributed by atoms with Gasteiger partial charge >= 0.3 is 0 Å². The van der Waals surface area contributed by atoms with Crippen LogP contribution in [0.5, 0.6) is 0 Å². The van der Waals surface area contributed by atoms with Crippen LogP contribution in [-0.2, 0) is 0 Å². The van der Waals surface area contributed by atoms with Crippen LogP contribution in [0.25, 0.3) is 0 Å². The summed E-state index contributed by atoms with van der Waals surface area (Å²) in [5, 5.41) is 14.2. The first kappa shape index (κ1) is 13.4. The van der Waals surface area contributed by atoms with E-state index in [-0.39, 0.29) is 16.7 Å². The van der Waals surface area contributed by atoms with E-state index in [1.807, 2.05) is 13.8 Å². The molecule has 1 aromatic carbocycles. The Balaban J connectivity index is 3.05. The third kappa shape index (κ3) is 3.17. The van der Waals surface area contributed by atoms with Gasteiger partial charge in [-0.05, 0) is 18.9 Å². The fraction of sp³-hybridized carbons (Fsp3) is 0.500. The SMILES string of the molecule is Cc1cccc(NC(CN)C(C)C)c1[N+](=O)[O-]. The average molecular weight is 237 g/mol. The summed E-state index contributed by atoms with van der Waals surface area (Å²) < 4.78 is 0. The minimum Gasteiger partial charge on any atom is -0.375 e. The number of aryl methyl sites for hydroxylation is 1. The van der Waals surface area contributed by atoms with Gasteiger partial charge in [-0.3, -0.25) is 10.1 Å². The first-order valence-electron chi connectivity index (χ1n) is 5.68. The number of nitro groups is 1. The van der Waals surface area contributed by atoms with Crippen molar-refractivity contribution in [2.45, 2.75) is 26.8 Å². The Hall–Kier alpha value is -1.62. The van der Waals surface area contributed by atoms with Crippen molar-refractivity contribution in [1.29, 1.82) is 0 Å². The molecule has 1 unspecified atom stereocenters. The Kier molecular flexibility index (Phi) is 4.45. The molecule has 0 spiro atoms. The van der Waals surface area contributed by atoms with E-state index in [9.17, 15) is 10.1 Å². The summed E-state index contributed by atoms with van der Waals surface area (Å²) in [5.74, 6) is 0.320. The number of nitro benzene ring substituents is 1. The van der Waals surface area contributed by atoms with Crippen molar-refractivity contribution >= 4 is 11.4 Å². The number of benzene rings is 1.